The van der Waals surface area contributed by atoms with Crippen LogP contribution in [0.25, 0.3) is 22.4 Å². The van der Waals surface area contributed by atoms with Gasteiger partial charge in [0.1, 0.15) is 29.0 Å². The van der Waals surface area contributed by atoms with Gasteiger partial charge in [0.2, 0.25) is 5.91 Å². The molecule has 1 saturated heterocycles. The molecule has 1 aliphatic rings. The molecule has 0 bridgehead atoms. The summed E-state index contributed by atoms with van der Waals surface area (Å²) in [4.78, 5) is 23.9. The third-order valence-corrected chi connectivity index (χ3v) is 6.44. The smallest absolute Gasteiger partial charge is 0.263 e. The maximum absolute atomic E-state index is 12.9. The number of ether oxygens (including phenoxy) is 1. The van der Waals surface area contributed by atoms with Crippen molar-refractivity contribution in [2.24, 2.45) is 5.92 Å². The zero-order valence-electron chi connectivity index (χ0n) is 19.3. The SMILES string of the molecule is COc1ccc(-c2noc3ncnc(N4CCC(C(=O)N[C@@H](C)c5ccccc5)CC4)c23)cc1. The molecule has 1 atom stereocenters. The van der Waals surface area contributed by atoms with E-state index in [1.165, 1.54) is 6.33 Å². The standard InChI is InChI=1S/C26H27N5O3/c1-17(18-6-4-3-5-7-18)29-25(32)20-12-14-31(15-13-20)24-22-23(30-34-26(22)28-16-27-24)19-8-10-21(33-2)11-9-19/h3-11,16-17,20H,12-15H2,1-2H3,(H,29,32)/t17-/m0/s1. The van der Waals surface area contributed by atoms with Crippen molar-refractivity contribution in [3.8, 4) is 17.0 Å². The average molecular weight is 458 g/mol. The maximum atomic E-state index is 12.9. The van der Waals surface area contributed by atoms with Crippen LogP contribution in [0.2, 0.25) is 0 Å². The predicted octanol–water partition coefficient (Wildman–Crippen LogP) is 4.39. The first-order valence-electron chi connectivity index (χ1n) is 11.5. The lowest BCUT2D eigenvalue weighted by Crippen LogP contribution is -2.41. The number of carbonyl (C=O) groups excluding carboxylic acids is 1. The van der Waals surface area contributed by atoms with Crippen molar-refractivity contribution < 1.29 is 14.1 Å². The molecule has 2 aromatic heterocycles. The van der Waals surface area contributed by atoms with E-state index in [0.29, 0.717) is 11.4 Å². The van der Waals surface area contributed by atoms with E-state index in [2.05, 4.69) is 25.3 Å². The Morgan fingerprint density at radius 1 is 1.09 bits per heavy atom. The Labute approximate surface area is 197 Å². The summed E-state index contributed by atoms with van der Waals surface area (Å²) in [6.07, 6.45) is 3.00. The monoisotopic (exact) mass is 457 g/mol. The van der Waals surface area contributed by atoms with Crippen molar-refractivity contribution in [1.82, 2.24) is 20.4 Å². The minimum absolute atomic E-state index is 0.0164. The number of rotatable bonds is 6. The molecule has 8 heteroatoms. The van der Waals surface area contributed by atoms with E-state index >= 15 is 0 Å². The van der Waals surface area contributed by atoms with Gasteiger partial charge in [-0.2, -0.15) is 4.98 Å². The Kier molecular flexibility index (Phi) is 6.12. The average Bonchev–Trinajstić information content (AvgIpc) is 3.34. The quantitative estimate of drug-likeness (QED) is 0.459. The minimum atomic E-state index is -0.0247. The number of aromatic nitrogens is 3. The van der Waals surface area contributed by atoms with Gasteiger partial charge in [0.05, 0.1) is 13.2 Å². The second kappa shape index (κ2) is 9.51. The van der Waals surface area contributed by atoms with Gasteiger partial charge in [-0.25, -0.2) is 4.98 Å². The fraction of sp³-hybridized carbons (Fsp3) is 0.308. The van der Waals surface area contributed by atoms with Crippen LogP contribution in [0.15, 0.2) is 65.4 Å². The third kappa shape index (κ3) is 4.31. The fourth-order valence-corrected chi connectivity index (χ4v) is 4.47. The number of hydrogen-bond acceptors (Lipinski definition) is 7. The number of nitrogens with one attached hydrogen (secondary N) is 1. The van der Waals surface area contributed by atoms with Crippen LogP contribution in [0.5, 0.6) is 5.75 Å². The summed E-state index contributed by atoms with van der Waals surface area (Å²) in [6.45, 7) is 3.46. The van der Waals surface area contributed by atoms with Crippen LogP contribution in [0, 0.1) is 5.92 Å². The highest BCUT2D eigenvalue weighted by molar-refractivity contribution is 5.98. The van der Waals surface area contributed by atoms with Gasteiger partial charge in [0, 0.05) is 24.6 Å². The number of carbonyl (C=O) groups is 1. The third-order valence-electron chi connectivity index (χ3n) is 6.44. The summed E-state index contributed by atoms with van der Waals surface area (Å²) in [5.74, 6) is 1.64. The van der Waals surface area contributed by atoms with Crippen molar-refractivity contribution in [2.45, 2.75) is 25.8 Å². The van der Waals surface area contributed by atoms with E-state index in [-0.39, 0.29) is 17.9 Å². The van der Waals surface area contributed by atoms with Gasteiger partial charge >= 0.3 is 0 Å². The van der Waals surface area contributed by atoms with E-state index < -0.39 is 0 Å². The number of piperidine rings is 1. The van der Waals surface area contributed by atoms with Gasteiger partial charge in [-0.1, -0.05) is 35.5 Å². The predicted molar refractivity (Wildman–Crippen MR) is 130 cm³/mol. The molecule has 5 rings (SSSR count). The van der Waals surface area contributed by atoms with Crippen molar-refractivity contribution in [3.05, 3.63) is 66.5 Å². The molecule has 2 aromatic carbocycles. The van der Waals surface area contributed by atoms with Crippen molar-refractivity contribution in [1.29, 1.82) is 0 Å². The second-order valence-corrected chi connectivity index (χ2v) is 8.54. The van der Waals surface area contributed by atoms with E-state index in [0.717, 1.165) is 54.0 Å². The van der Waals surface area contributed by atoms with Gasteiger partial charge in [0.25, 0.3) is 5.71 Å². The molecule has 1 aliphatic heterocycles. The largest absolute Gasteiger partial charge is 0.497 e. The van der Waals surface area contributed by atoms with E-state index in [1.807, 2.05) is 61.5 Å². The molecular weight excluding hydrogens is 430 g/mol. The maximum Gasteiger partial charge on any atom is 0.263 e. The van der Waals surface area contributed by atoms with Crippen molar-refractivity contribution in [2.75, 3.05) is 25.1 Å². The normalized spacial score (nSPS) is 15.3. The number of hydrogen-bond donors (Lipinski definition) is 1. The lowest BCUT2D eigenvalue weighted by molar-refractivity contribution is -0.126. The molecule has 0 spiro atoms. The number of benzene rings is 2. The molecule has 1 N–H and O–H groups in total. The van der Waals surface area contributed by atoms with Crippen LogP contribution in [0.4, 0.5) is 5.82 Å². The van der Waals surface area contributed by atoms with E-state index in [1.54, 1.807) is 7.11 Å². The lowest BCUT2D eigenvalue weighted by atomic mass is 9.95. The zero-order valence-corrected chi connectivity index (χ0v) is 19.3. The number of fused-ring (bicyclic) bond motifs is 1. The second-order valence-electron chi connectivity index (χ2n) is 8.54. The Morgan fingerprint density at radius 3 is 2.53 bits per heavy atom. The molecule has 34 heavy (non-hydrogen) atoms. The Bertz CT molecular complexity index is 1260. The summed E-state index contributed by atoms with van der Waals surface area (Å²) >= 11 is 0. The summed E-state index contributed by atoms with van der Waals surface area (Å²) in [6, 6.07) is 17.7. The van der Waals surface area contributed by atoms with E-state index in [4.69, 9.17) is 9.26 Å². The van der Waals surface area contributed by atoms with Crippen LogP contribution in [-0.4, -0.2) is 41.2 Å². The zero-order chi connectivity index (χ0) is 23.5. The lowest BCUT2D eigenvalue weighted by Gasteiger charge is -2.32. The number of methoxy groups -OCH3 is 1. The first kappa shape index (κ1) is 21.9. The first-order valence-corrected chi connectivity index (χ1v) is 11.5. The number of nitrogens with zero attached hydrogens (tertiary/aromatic N) is 4. The topological polar surface area (TPSA) is 93.4 Å². The summed E-state index contributed by atoms with van der Waals surface area (Å²) in [5.41, 5.74) is 3.16. The van der Waals surface area contributed by atoms with Crippen LogP contribution in [-0.2, 0) is 4.79 Å². The van der Waals surface area contributed by atoms with Crippen LogP contribution >= 0.6 is 0 Å². The summed E-state index contributed by atoms with van der Waals surface area (Å²) in [5, 5.41) is 8.23. The summed E-state index contributed by atoms with van der Waals surface area (Å²) in [7, 11) is 1.64. The molecule has 174 valence electrons. The highest BCUT2D eigenvalue weighted by Crippen LogP contribution is 2.35. The van der Waals surface area contributed by atoms with Crippen LogP contribution in [0.1, 0.15) is 31.4 Å². The van der Waals surface area contributed by atoms with Gasteiger partial charge in [0.15, 0.2) is 0 Å². The number of amides is 1. The van der Waals surface area contributed by atoms with Gasteiger partial charge in [-0.3, -0.25) is 4.79 Å². The van der Waals surface area contributed by atoms with Crippen molar-refractivity contribution >= 4 is 22.8 Å². The van der Waals surface area contributed by atoms with Crippen molar-refractivity contribution in [3.63, 3.8) is 0 Å². The molecule has 8 nitrogen and oxygen atoms in total. The highest BCUT2D eigenvalue weighted by atomic mass is 16.5. The molecule has 0 unspecified atom stereocenters. The Balaban J connectivity index is 1.31. The summed E-state index contributed by atoms with van der Waals surface area (Å²) < 4.78 is 10.8. The Morgan fingerprint density at radius 2 is 1.82 bits per heavy atom. The molecule has 0 saturated carbocycles. The minimum Gasteiger partial charge on any atom is -0.497 e. The number of anilines is 1. The van der Waals surface area contributed by atoms with Gasteiger partial charge in [-0.05, 0) is 49.6 Å². The van der Waals surface area contributed by atoms with Gasteiger partial charge in [-0.15, -0.1) is 0 Å². The molecule has 1 fully saturated rings. The Hall–Kier alpha value is -3.94. The van der Waals surface area contributed by atoms with Crippen LogP contribution < -0.4 is 15.0 Å². The molecule has 0 radical (unpaired) electrons. The molecule has 1 amide bonds. The first-order chi connectivity index (χ1) is 16.6. The molecular formula is C26H27N5O3. The van der Waals surface area contributed by atoms with Gasteiger partial charge < -0.3 is 19.5 Å². The highest BCUT2D eigenvalue weighted by Gasteiger charge is 2.29. The molecule has 4 aromatic rings. The molecule has 0 aliphatic carbocycles. The molecule has 3 heterocycles. The fourth-order valence-electron chi connectivity index (χ4n) is 4.47. The van der Waals surface area contributed by atoms with E-state index in [9.17, 15) is 4.79 Å². The van der Waals surface area contributed by atoms with Crippen LogP contribution in [0.3, 0.4) is 0 Å².